The molecule has 0 aliphatic carbocycles. The number of anilines is 2. The van der Waals surface area contributed by atoms with Gasteiger partial charge in [0, 0.05) is 34.6 Å². The van der Waals surface area contributed by atoms with Gasteiger partial charge in [0.15, 0.2) is 5.82 Å². The van der Waals surface area contributed by atoms with Crippen LogP contribution in [0, 0.1) is 10.1 Å². The van der Waals surface area contributed by atoms with E-state index in [4.69, 9.17) is 11.6 Å². The number of fused-ring (bicyclic) bond motifs is 1. The topological polar surface area (TPSA) is 128 Å². The predicted molar refractivity (Wildman–Crippen MR) is 131 cm³/mol. The molecule has 5 rings (SSSR count). The van der Waals surface area contributed by atoms with E-state index < -0.39 is 11.0 Å². The molecule has 0 bridgehead atoms. The molecular weight excluding hydrogens is 470 g/mol. The molecule has 0 saturated carbocycles. The standard InChI is InChI=1S/C24H18ClN7O3/c1-14-20(23(33)28-18-3-2-12-26-13-18)21(15-6-10-19(11-7-15)32(34)35)31-24(27-14)29-22(30-31)16-4-8-17(25)9-5-16/h2-13,21H,1H3,(H,28,33)(H,27,29,30)/t21-/m1/s1. The minimum Gasteiger partial charge on any atom is -0.328 e. The number of rotatable bonds is 5. The molecule has 0 fully saturated rings. The van der Waals surface area contributed by atoms with Crippen LogP contribution in [0.25, 0.3) is 11.4 Å². The summed E-state index contributed by atoms with van der Waals surface area (Å²) < 4.78 is 1.61. The molecule has 1 atom stereocenters. The monoisotopic (exact) mass is 487 g/mol. The van der Waals surface area contributed by atoms with Gasteiger partial charge in [-0.2, -0.15) is 4.98 Å². The van der Waals surface area contributed by atoms with Crippen LogP contribution in [0.1, 0.15) is 18.5 Å². The van der Waals surface area contributed by atoms with Crippen molar-refractivity contribution in [3.63, 3.8) is 0 Å². The van der Waals surface area contributed by atoms with Crippen molar-refractivity contribution in [2.75, 3.05) is 10.6 Å². The van der Waals surface area contributed by atoms with Gasteiger partial charge >= 0.3 is 0 Å². The lowest BCUT2D eigenvalue weighted by molar-refractivity contribution is -0.384. The summed E-state index contributed by atoms with van der Waals surface area (Å²) in [5.41, 5.74) is 2.85. The molecule has 0 saturated heterocycles. The number of allylic oxidation sites excluding steroid dienone is 1. The van der Waals surface area contributed by atoms with Gasteiger partial charge in [-0.05, 0) is 61.0 Å². The van der Waals surface area contributed by atoms with Crippen LogP contribution in [0.3, 0.4) is 0 Å². The Bertz CT molecular complexity index is 1450. The Morgan fingerprint density at radius 1 is 1.14 bits per heavy atom. The fourth-order valence-corrected chi connectivity index (χ4v) is 4.01. The highest BCUT2D eigenvalue weighted by Gasteiger charge is 2.34. The number of nitro benzene ring substituents is 1. The van der Waals surface area contributed by atoms with E-state index >= 15 is 0 Å². The van der Waals surface area contributed by atoms with Crippen molar-refractivity contribution in [2.24, 2.45) is 0 Å². The summed E-state index contributed by atoms with van der Waals surface area (Å²) in [6.07, 6.45) is 3.16. The number of halogens is 1. The van der Waals surface area contributed by atoms with E-state index in [2.05, 4.69) is 25.7 Å². The average molecular weight is 488 g/mol. The third-order valence-electron chi connectivity index (χ3n) is 5.54. The second-order valence-electron chi connectivity index (χ2n) is 7.82. The number of carbonyl (C=O) groups is 1. The molecule has 3 heterocycles. The first kappa shape index (κ1) is 22.2. The SMILES string of the molecule is CC1=C(C(=O)Nc2cccnc2)[C@@H](c2ccc([N+](=O)[O-])cc2)n2nc(-c3ccc(Cl)cc3)nc2N1. The summed E-state index contributed by atoms with van der Waals surface area (Å²) in [6.45, 7) is 1.77. The summed E-state index contributed by atoms with van der Waals surface area (Å²) >= 11 is 6.02. The molecule has 1 amide bonds. The number of hydrogen-bond acceptors (Lipinski definition) is 7. The third kappa shape index (κ3) is 4.34. The number of nitro groups is 1. The highest BCUT2D eigenvalue weighted by molar-refractivity contribution is 6.30. The summed E-state index contributed by atoms with van der Waals surface area (Å²) in [6, 6.07) is 15.9. The molecular formula is C24H18ClN7O3. The van der Waals surface area contributed by atoms with Crippen molar-refractivity contribution in [3.8, 4) is 11.4 Å². The van der Waals surface area contributed by atoms with E-state index in [-0.39, 0.29) is 11.6 Å². The van der Waals surface area contributed by atoms with Crippen molar-refractivity contribution < 1.29 is 9.72 Å². The Morgan fingerprint density at radius 3 is 2.54 bits per heavy atom. The first-order chi connectivity index (χ1) is 16.9. The van der Waals surface area contributed by atoms with Crippen LogP contribution >= 0.6 is 11.6 Å². The van der Waals surface area contributed by atoms with E-state index in [9.17, 15) is 14.9 Å². The van der Waals surface area contributed by atoms with Crippen LogP contribution in [0.5, 0.6) is 0 Å². The molecule has 1 aliphatic rings. The van der Waals surface area contributed by atoms with Crippen molar-refractivity contribution >= 4 is 34.8 Å². The molecule has 2 N–H and O–H groups in total. The van der Waals surface area contributed by atoms with Gasteiger partial charge in [-0.25, -0.2) is 4.68 Å². The number of carbonyl (C=O) groups excluding carboxylic acids is 1. The number of nitrogens with one attached hydrogen (secondary N) is 2. The van der Waals surface area contributed by atoms with E-state index in [1.165, 1.54) is 12.1 Å². The molecule has 1 aliphatic heterocycles. The molecule has 11 heteroatoms. The normalized spacial score (nSPS) is 14.7. The van der Waals surface area contributed by atoms with Gasteiger partial charge in [-0.1, -0.05) is 11.6 Å². The Balaban J connectivity index is 1.60. The number of non-ortho nitro benzene ring substituents is 1. The summed E-state index contributed by atoms with van der Waals surface area (Å²) in [4.78, 5) is 32.8. The van der Waals surface area contributed by atoms with Gasteiger partial charge < -0.3 is 10.6 Å². The lowest BCUT2D eigenvalue weighted by Crippen LogP contribution is -2.31. The van der Waals surface area contributed by atoms with Crippen molar-refractivity contribution in [1.29, 1.82) is 0 Å². The summed E-state index contributed by atoms with van der Waals surface area (Å²) in [7, 11) is 0. The summed E-state index contributed by atoms with van der Waals surface area (Å²) in [5, 5.41) is 22.5. The first-order valence-corrected chi connectivity index (χ1v) is 10.9. The Morgan fingerprint density at radius 2 is 1.89 bits per heavy atom. The van der Waals surface area contributed by atoms with Gasteiger partial charge in [0.05, 0.1) is 22.4 Å². The quantitative estimate of drug-likeness (QED) is 0.305. The molecule has 0 unspecified atom stereocenters. The molecule has 2 aromatic heterocycles. The van der Waals surface area contributed by atoms with Crippen LogP contribution in [0.4, 0.5) is 17.3 Å². The van der Waals surface area contributed by atoms with E-state index in [1.54, 1.807) is 72.5 Å². The zero-order chi connectivity index (χ0) is 24.5. The van der Waals surface area contributed by atoms with Crippen molar-refractivity contribution in [3.05, 3.63) is 105 Å². The molecule has 0 spiro atoms. The van der Waals surface area contributed by atoms with Crippen molar-refractivity contribution in [2.45, 2.75) is 13.0 Å². The van der Waals surface area contributed by atoms with Gasteiger partial charge in [0.1, 0.15) is 6.04 Å². The molecule has 35 heavy (non-hydrogen) atoms. The minimum absolute atomic E-state index is 0.0505. The lowest BCUT2D eigenvalue weighted by atomic mass is 9.95. The molecule has 4 aromatic rings. The van der Waals surface area contributed by atoms with Crippen LogP contribution < -0.4 is 10.6 Å². The van der Waals surface area contributed by atoms with Gasteiger partial charge in [-0.15, -0.1) is 5.10 Å². The van der Waals surface area contributed by atoms with E-state index in [1.807, 2.05) is 0 Å². The van der Waals surface area contributed by atoms with E-state index in [0.717, 1.165) is 5.56 Å². The number of pyridine rings is 1. The van der Waals surface area contributed by atoms with Gasteiger partial charge in [-0.3, -0.25) is 19.9 Å². The second-order valence-corrected chi connectivity index (χ2v) is 8.26. The number of amides is 1. The van der Waals surface area contributed by atoms with Crippen LogP contribution in [-0.4, -0.2) is 30.6 Å². The average Bonchev–Trinajstić information content (AvgIpc) is 3.27. The first-order valence-electron chi connectivity index (χ1n) is 10.6. The maximum atomic E-state index is 13.4. The van der Waals surface area contributed by atoms with Crippen LogP contribution in [0.2, 0.25) is 5.02 Å². The Labute approximate surface area is 204 Å². The minimum atomic E-state index is -0.683. The van der Waals surface area contributed by atoms with Gasteiger partial charge in [0.2, 0.25) is 5.95 Å². The zero-order valence-corrected chi connectivity index (χ0v) is 19.1. The number of benzene rings is 2. The number of nitrogens with zero attached hydrogens (tertiary/aromatic N) is 5. The van der Waals surface area contributed by atoms with Crippen molar-refractivity contribution in [1.82, 2.24) is 19.7 Å². The van der Waals surface area contributed by atoms with Crippen LogP contribution in [-0.2, 0) is 4.79 Å². The molecule has 174 valence electrons. The fraction of sp³-hybridized carbons (Fsp3) is 0.0833. The maximum Gasteiger partial charge on any atom is 0.269 e. The Hall–Kier alpha value is -4.57. The maximum absolute atomic E-state index is 13.4. The molecule has 10 nitrogen and oxygen atoms in total. The smallest absolute Gasteiger partial charge is 0.269 e. The highest BCUT2D eigenvalue weighted by Crippen LogP contribution is 2.37. The zero-order valence-electron chi connectivity index (χ0n) is 18.3. The number of hydrogen-bond donors (Lipinski definition) is 2. The summed E-state index contributed by atoms with van der Waals surface area (Å²) in [5.74, 6) is 0.520. The number of aromatic nitrogens is 4. The third-order valence-corrected chi connectivity index (χ3v) is 5.79. The lowest BCUT2D eigenvalue weighted by Gasteiger charge is -2.28. The Kier molecular flexibility index (Phi) is 5.71. The largest absolute Gasteiger partial charge is 0.328 e. The molecule has 0 radical (unpaired) electrons. The molecule has 2 aromatic carbocycles. The fourth-order valence-electron chi connectivity index (χ4n) is 3.89. The highest BCUT2D eigenvalue weighted by atomic mass is 35.5. The van der Waals surface area contributed by atoms with E-state index in [0.29, 0.717) is 39.3 Å². The second kappa shape index (κ2) is 8.99. The van der Waals surface area contributed by atoms with Gasteiger partial charge in [0.25, 0.3) is 11.6 Å². The predicted octanol–water partition coefficient (Wildman–Crippen LogP) is 4.83. The van der Waals surface area contributed by atoms with Crippen LogP contribution in [0.15, 0.2) is 84.3 Å².